The van der Waals surface area contributed by atoms with Gasteiger partial charge in [-0.05, 0) is 38.3 Å². The van der Waals surface area contributed by atoms with Gasteiger partial charge in [0.25, 0.3) is 0 Å². The minimum Gasteiger partial charge on any atom is -0.313 e. The molecule has 1 heterocycles. The Labute approximate surface area is 92.0 Å². The molecule has 0 saturated carbocycles. The third-order valence-corrected chi connectivity index (χ3v) is 2.63. The highest BCUT2D eigenvalue weighted by Gasteiger charge is 2.19. The smallest absolute Gasteiger partial charge is 0.226 e. The van der Waals surface area contributed by atoms with E-state index >= 15 is 0 Å². The number of carbonyl (C=O) groups excluding carboxylic acids is 1. The number of piperidine rings is 1. The summed E-state index contributed by atoms with van der Waals surface area (Å²) in [5, 5.41) is 0. The first-order valence-electron chi connectivity index (χ1n) is 5.46. The molecule has 1 aliphatic heterocycles. The van der Waals surface area contributed by atoms with E-state index in [1.165, 1.54) is 0 Å². The molecule has 0 unspecified atom stereocenters. The topological polar surface area (TPSA) is 20.3 Å². The Morgan fingerprint density at radius 1 is 1.47 bits per heavy atom. The minimum atomic E-state index is 0.238. The number of rotatable bonds is 3. The molecule has 0 N–H and O–H groups in total. The molecular formula is C13H19NO. The Kier molecular flexibility index (Phi) is 4.35. The maximum atomic E-state index is 11.7. The van der Waals surface area contributed by atoms with Crippen molar-refractivity contribution in [2.75, 3.05) is 6.54 Å². The van der Waals surface area contributed by atoms with Crippen LogP contribution in [0.1, 0.15) is 33.1 Å². The van der Waals surface area contributed by atoms with E-state index in [2.05, 4.69) is 6.58 Å². The molecule has 1 rings (SSSR count). The lowest BCUT2D eigenvalue weighted by molar-refractivity contribution is -0.130. The lowest BCUT2D eigenvalue weighted by Crippen LogP contribution is -2.34. The van der Waals surface area contributed by atoms with Gasteiger partial charge in [0.05, 0.1) is 0 Å². The second kappa shape index (κ2) is 5.54. The van der Waals surface area contributed by atoms with Gasteiger partial charge in [-0.25, -0.2) is 0 Å². The van der Waals surface area contributed by atoms with Gasteiger partial charge in [-0.15, -0.1) is 0 Å². The zero-order valence-electron chi connectivity index (χ0n) is 9.62. The number of hydrogen-bond donors (Lipinski definition) is 0. The normalized spacial score (nSPS) is 19.3. The first kappa shape index (κ1) is 11.8. The van der Waals surface area contributed by atoms with E-state index in [1.807, 2.05) is 30.9 Å². The average Bonchev–Trinajstić information content (AvgIpc) is 2.26. The van der Waals surface area contributed by atoms with Gasteiger partial charge in [0.2, 0.25) is 5.91 Å². The Morgan fingerprint density at radius 3 is 2.73 bits per heavy atom. The third kappa shape index (κ3) is 3.08. The molecule has 2 heteroatoms. The van der Waals surface area contributed by atoms with Crippen LogP contribution in [0.3, 0.4) is 0 Å². The van der Waals surface area contributed by atoms with Crippen LogP contribution in [-0.4, -0.2) is 17.4 Å². The zero-order chi connectivity index (χ0) is 11.3. The predicted molar refractivity (Wildman–Crippen MR) is 63.3 cm³/mol. The van der Waals surface area contributed by atoms with Crippen molar-refractivity contribution in [1.82, 2.24) is 4.90 Å². The van der Waals surface area contributed by atoms with E-state index in [9.17, 15) is 4.79 Å². The number of amides is 1. The standard InChI is InChI=1S/C13H19NO/c1-4-11(3)10-12(5-2)14-9-7-6-8-13(14)15/h4-5,10H,1,6-9H2,2-3H3/b11-10-,12-5+. The van der Waals surface area contributed by atoms with E-state index in [0.29, 0.717) is 6.42 Å². The molecule has 0 atom stereocenters. The van der Waals surface area contributed by atoms with Gasteiger partial charge >= 0.3 is 0 Å². The van der Waals surface area contributed by atoms with Gasteiger partial charge in [0.1, 0.15) is 0 Å². The number of hydrogen-bond acceptors (Lipinski definition) is 1. The molecule has 0 aromatic heterocycles. The van der Waals surface area contributed by atoms with E-state index in [4.69, 9.17) is 0 Å². The average molecular weight is 205 g/mol. The number of allylic oxidation sites excluding steroid dienone is 4. The largest absolute Gasteiger partial charge is 0.313 e. The maximum absolute atomic E-state index is 11.7. The van der Waals surface area contributed by atoms with Crippen LogP contribution < -0.4 is 0 Å². The first-order chi connectivity index (χ1) is 7.19. The highest BCUT2D eigenvalue weighted by molar-refractivity contribution is 5.79. The summed E-state index contributed by atoms with van der Waals surface area (Å²) in [6.45, 7) is 8.51. The summed E-state index contributed by atoms with van der Waals surface area (Å²) in [6, 6.07) is 0. The maximum Gasteiger partial charge on any atom is 0.226 e. The first-order valence-corrected chi connectivity index (χ1v) is 5.46. The number of likely N-dealkylation sites (tertiary alicyclic amines) is 1. The quantitative estimate of drug-likeness (QED) is 0.648. The summed E-state index contributed by atoms with van der Waals surface area (Å²) in [5.41, 5.74) is 2.08. The van der Waals surface area contributed by atoms with Gasteiger partial charge in [-0.3, -0.25) is 4.79 Å². The lowest BCUT2D eigenvalue weighted by atomic mass is 10.1. The van der Waals surface area contributed by atoms with Gasteiger partial charge < -0.3 is 4.90 Å². The molecule has 1 amide bonds. The Morgan fingerprint density at radius 2 is 2.20 bits per heavy atom. The van der Waals surface area contributed by atoms with Crippen LogP contribution >= 0.6 is 0 Å². The van der Waals surface area contributed by atoms with Crippen LogP contribution in [0.5, 0.6) is 0 Å². The molecular weight excluding hydrogens is 186 g/mol. The molecule has 0 aromatic rings. The lowest BCUT2D eigenvalue weighted by Gasteiger charge is -2.27. The zero-order valence-corrected chi connectivity index (χ0v) is 9.62. The van der Waals surface area contributed by atoms with Crippen LogP contribution in [0, 0.1) is 0 Å². The molecule has 1 aliphatic rings. The molecule has 1 fully saturated rings. The molecule has 0 aliphatic carbocycles. The van der Waals surface area contributed by atoms with E-state index in [-0.39, 0.29) is 5.91 Å². The molecule has 15 heavy (non-hydrogen) atoms. The van der Waals surface area contributed by atoms with Gasteiger partial charge in [-0.2, -0.15) is 0 Å². The van der Waals surface area contributed by atoms with Crippen molar-refractivity contribution in [2.45, 2.75) is 33.1 Å². The molecule has 1 saturated heterocycles. The van der Waals surface area contributed by atoms with Gasteiger partial charge in [0.15, 0.2) is 0 Å². The summed E-state index contributed by atoms with van der Waals surface area (Å²) < 4.78 is 0. The van der Waals surface area contributed by atoms with Crippen molar-refractivity contribution in [1.29, 1.82) is 0 Å². The third-order valence-electron chi connectivity index (χ3n) is 2.63. The fraction of sp³-hybridized carbons (Fsp3) is 0.462. The molecule has 82 valence electrons. The molecule has 0 aromatic carbocycles. The SMILES string of the molecule is C=C/C(C)=C\C(=C/C)N1CCCCC1=O. The number of carbonyl (C=O) groups is 1. The van der Waals surface area contributed by atoms with Crippen LogP contribution in [0.2, 0.25) is 0 Å². The summed E-state index contributed by atoms with van der Waals surface area (Å²) >= 11 is 0. The fourth-order valence-electron chi connectivity index (χ4n) is 1.69. The van der Waals surface area contributed by atoms with Gasteiger partial charge in [0, 0.05) is 18.7 Å². The molecule has 0 spiro atoms. The Hall–Kier alpha value is -1.31. The fourth-order valence-corrected chi connectivity index (χ4v) is 1.69. The second-order valence-corrected chi connectivity index (χ2v) is 3.81. The summed E-state index contributed by atoms with van der Waals surface area (Å²) in [4.78, 5) is 13.6. The van der Waals surface area contributed by atoms with Crippen molar-refractivity contribution in [2.24, 2.45) is 0 Å². The van der Waals surface area contributed by atoms with Crippen LogP contribution in [0.15, 0.2) is 36.1 Å². The monoisotopic (exact) mass is 205 g/mol. The Balaban J connectivity index is 2.83. The predicted octanol–water partition coefficient (Wildman–Crippen LogP) is 3.04. The van der Waals surface area contributed by atoms with E-state index in [0.717, 1.165) is 30.7 Å². The number of nitrogens with zero attached hydrogens (tertiary/aromatic N) is 1. The van der Waals surface area contributed by atoms with Crippen molar-refractivity contribution in [3.63, 3.8) is 0 Å². The van der Waals surface area contributed by atoms with Crippen LogP contribution in [0.4, 0.5) is 0 Å². The van der Waals surface area contributed by atoms with Crippen molar-refractivity contribution >= 4 is 5.91 Å². The Bertz CT molecular complexity index is 312. The molecule has 2 nitrogen and oxygen atoms in total. The van der Waals surface area contributed by atoms with E-state index < -0.39 is 0 Å². The molecule has 0 bridgehead atoms. The second-order valence-electron chi connectivity index (χ2n) is 3.81. The van der Waals surface area contributed by atoms with Crippen molar-refractivity contribution in [3.8, 4) is 0 Å². The highest BCUT2D eigenvalue weighted by atomic mass is 16.2. The van der Waals surface area contributed by atoms with Crippen molar-refractivity contribution < 1.29 is 4.79 Å². The van der Waals surface area contributed by atoms with E-state index in [1.54, 1.807) is 6.08 Å². The summed E-state index contributed by atoms with van der Waals surface area (Å²) in [7, 11) is 0. The summed E-state index contributed by atoms with van der Waals surface area (Å²) in [6.07, 6.45) is 8.60. The molecule has 0 radical (unpaired) electrons. The van der Waals surface area contributed by atoms with Crippen LogP contribution in [-0.2, 0) is 4.79 Å². The highest BCUT2D eigenvalue weighted by Crippen LogP contribution is 2.18. The van der Waals surface area contributed by atoms with Crippen LogP contribution in [0.25, 0.3) is 0 Å². The van der Waals surface area contributed by atoms with Crippen molar-refractivity contribution in [3.05, 3.63) is 36.1 Å². The summed E-state index contributed by atoms with van der Waals surface area (Å²) in [5.74, 6) is 0.238. The minimum absolute atomic E-state index is 0.238. The van der Waals surface area contributed by atoms with Gasteiger partial charge in [-0.1, -0.05) is 18.7 Å².